The van der Waals surface area contributed by atoms with E-state index in [0.29, 0.717) is 0 Å². The number of rotatable bonds is 8. The number of aliphatic hydroxyl groups excluding tert-OH is 1. The standard InChI is InChI=1S/C19H28N4O/c24-19(18-5-2-1-3-6-18)16-22-12-7-17(8-13-22)15-20-10-14-23-11-4-9-21-23/h1-6,9,11,17,19-20,24H,7-8,10,12-16H2. The second-order valence-corrected chi connectivity index (χ2v) is 6.64. The van der Waals surface area contributed by atoms with Crippen LogP contribution in [0.25, 0.3) is 0 Å². The van der Waals surface area contributed by atoms with Gasteiger partial charge in [-0.1, -0.05) is 30.3 Å². The number of aromatic nitrogens is 2. The number of nitrogens with one attached hydrogen (secondary N) is 1. The van der Waals surface area contributed by atoms with Crippen molar-refractivity contribution < 1.29 is 5.11 Å². The van der Waals surface area contributed by atoms with E-state index in [1.165, 1.54) is 12.8 Å². The second kappa shape index (κ2) is 8.97. The van der Waals surface area contributed by atoms with Gasteiger partial charge in [0.1, 0.15) is 0 Å². The first kappa shape index (κ1) is 17.1. The predicted molar refractivity (Wildman–Crippen MR) is 95.7 cm³/mol. The molecule has 0 aliphatic carbocycles. The highest BCUT2D eigenvalue weighted by Gasteiger charge is 2.21. The fourth-order valence-electron chi connectivity index (χ4n) is 3.33. The number of hydrogen-bond donors (Lipinski definition) is 2. The molecular formula is C19H28N4O. The Hall–Kier alpha value is -1.69. The van der Waals surface area contributed by atoms with Crippen LogP contribution in [0.4, 0.5) is 0 Å². The molecule has 0 amide bonds. The first-order valence-corrected chi connectivity index (χ1v) is 8.95. The lowest BCUT2D eigenvalue weighted by Crippen LogP contribution is -2.39. The first-order valence-electron chi connectivity index (χ1n) is 8.95. The van der Waals surface area contributed by atoms with E-state index in [0.717, 1.165) is 50.7 Å². The average Bonchev–Trinajstić information content (AvgIpc) is 3.14. The van der Waals surface area contributed by atoms with Crippen LogP contribution in [0.1, 0.15) is 24.5 Å². The summed E-state index contributed by atoms with van der Waals surface area (Å²) in [5.41, 5.74) is 1.01. The topological polar surface area (TPSA) is 53.3 Å². The Morgan fingerprint density at radius 1 is 1.17 bits per heavy atom. The van der Waals surface area contributed by atoms with Gasteiger partial charge in [0.15, 0.2) is 0 Å². The summed E-state index contributed by atoms with van der Waals surface area (Å²) in [6.07, 6.45) is 5.85. The molecule has 1 aromatic carbocycles. The highest BCUT2D eigenvalue weighted by Crippen LogP contribution is 2.20. The van der Waals surface area contributed by atoms with Gasteiger partial charge in [-0.2, -0.15) is 5.10 Å². The van der Waals surface area contributed by atoms with Crippen LogP contribution >= 0.6 is 0 Å². The van der Waals surface area contributed by atoms with Crippen LogP contribution in [0.3, 0.4) is 0 Å². The van der Waals surface area contributed by atoms with Crippen LogP contribution < -0.4 is 5.32 Å². The number of β-amino-alcohol motifs (C(OH)–C–C–N with tert-alkyl or cyclic N) is 1. The van der Waals surface area contributed by atoms with E-state index in [4.69, 9.17) is 0 Å². The van der Waals surface area contributed by atoms with Crippen molar-refractivity contribution in [1.29, 1.82) is 0 Å². The molecular weight excluding hydrogens is 300 g/mol. The number of piperidine rings is 1. The summed E-state index contributed by atoms with van der Waals surface area (Å²) in [7, 11) is 0. The molecule has 0 spiro atoms. The molecule has 2 aromatic rings. The van der Waals surface area contributed by atoms with Gasteiger partial charge in [0, 0.05) is 25.5 Å². The first-order chi connectivity index (χ1) is 11.8. The molecule has 1 atom stereocenters. The van der Waals surface area contributed by atoms with Crippen LogP contribution in [-0.2, 0) is 6.54 Å². The quantitative estimate of drug-likeness (QED) is 0.727. The third-order valence-electron chi connectivity index (χ3n) is 4.83. The Balaban J connectivity index is 1.31. The Morgan fingerprint density at radius 2 is 1.96 bits per heavy atom. The summed E-state index contributed by atoms with van der Waals surface area (Å²) in [6.45, 7) is 5.87. The molecule has 1 aromatic heterocycles. The minimum absolute atomic E-state index is 0.380. The molecule has 1 fully saturated rings. The van der Waals surface area contributed by atoms with Gasteiger partial charge < -0.3 is 15.3 Å². The van der Waals surface area contributed by atoms with E-state index in [1.54, 1.807) is 0 Å². The molecule has 0 radical (unpaired) electrons. The van der Waals surface area contributed by atoms with Gasteiger partial charge in [-0.05, 0) is 50.0 Å². The molecule has 1 saturated heterocycles. The second-order valence-electron chi connectivity index (χ2n) is 6.64. The fraction of sp³-hybridized carbons (Fsp3) is 0.526. The fourth-order valence-corrected chi connectivity index (χ4v) is 3.33. The van der Waals surface area contributed by atoms with Gasteiger partial charge in [0.25, 0.3) is 0 Å². The number of benzene rings is 1. The van der Waals surface area contributed by atoms with E-state index in [-0.39, 0.29) is 6.10 Å². The largest absolute Gasteiger partial charge is 0.387 e. The van der Waals surface area contributed by atoms with Gasteiger partial charge in [-0.25, -0.2) is 0 Å². The summed E-state index contributed by atoms with van der Waals surface area (Å²) in [4.78, 5) is 2.39. The summed E-state index contributed by atoms with van der Waals surface area (Å²) < 4.78 is 1.96. The van der Waals surface area contributed by atoms with Crippen LogP contribution in [-0.4, -0.2) is 52.5 Å². The Morgan fingerprint density at radius 3 is 2.67 bits per heavy atom. The molecule has 3 rings (SSSR count). The van der Waals surface area contributed by atoms with Crippen molar-refractivity contribution in [2.45, 2.75) is 25.5 Å². The smallest absolute Gasteiger partial charge is 0.0916 e. The van der Waals surface area contributed by atoms with Crippen LogP contribution in [0, 0.1) is 5.92 Å². The zero-order valence-electron chi connectivity index (χ0n) is 14.2. The minimum atomic E-state index is -0.380. The van der Waals surface area contributed by atoms with Crippen molar-refractivity contribution in [2.24, 2.45) is 5.92 Å². The molecule has 130 valence electrons. The highest BCUT2D eigenvalue weighted by atomic mass is 16.3. The molecule has 2 heterocycles. The molecule has 2 N–H and O–H groups in total. The highest BCUT2D eigenvalue weighted by molar-refractivity contribution is 5.17. The van der Waals surface area contributed by atoms with Gasteiger partial charge >= 0.3 is 0 Å². The van der Waals surface area contributed by atoms with E-state index < -0.39 is 0 Å². The lowest BCUT2D eigenvalue weighted by molar-refractivity contribution is 0.0891. The van der Waals surface area contributed by atoms with Crippen molar-refractivity contribution in [3.8, 4) is 0 Å². The summed E-state index contributed by atoms with van der Waals surface area (Å²) in [6, 6.07) is 11.9. The molecule has 1 aliphatic heterocycles. The van der Waals surface area contributed by atoms with Crippen LogP contribution in [0.15, 0.2) is 48.8 Å². The van der Waals surface area contributed by atoms with Crippen molar-refractivity contribution in [2.75, 3.05) is 32.7 Å². The van der Waals surface area contributed by atoms with E-state index >= 15 is 0 Å². The molecule has 24 heavy (non-hydrogen) atoms. The summed E-state index contributed by atoms with van der Waals surface area (Å²) in [5.74, 6) is 0.743. The third kappa shape index (κ3) is 5.16. The maximum absolute atomic E-state index is 10.3. The van der Waals surface area contributed by atoms with E-state index in [1.807, 2.05) is 53.5 Å². The van der Waals surface area contributed by atoms with E-state index in [9.17, 15) is 5.11 Å². The third-order valence-corrected chi connectivity index (χ3v) is 4.83. The number of hydrogen-bond acceptors (Lipinski definition) is 4. The average molecular weight is 328 g/mol. The minimum Gasteiger partial charge on any atom is -0.387 e. The zero-order chi connectivity index (χ0) is 16.6. The lowest BCUT2D eigenvalue weighted by Gasteiger charge is -2.33. The molecule has 0 saturated carbocycles. The maximum Gasteiger partial charge on any atom is 0.0916 e. The van der Waals surface area contributed by atoms with Crippen molar-refractivity contribution in [3.05, 3.63) is 54.4 Å². The SMILES string of the molecule is OC(CN1CCC(CNCCn2cccn2)CC1)c1ccccc1. The van der Waals surface area contributed by atoms with Crippen molar-refractivity contribution >= 4 is 0 Å². The van der Waals surface area contributed by atoms with Crippen molar-refractivity contribution in [3.63, 3.8) is 0 Å². The molecule has 1 unspecified atom stereocenters. The van der Waals surface area contributed by atoms with Gasteiger partial charge in [0.05, 0.1) is 12.6 Å². The lowest BCUT2D eigenvalue weighted by atomic mass is 9.96. The summed E-state index contributed by atoms with van der Waals surface area (Å²) in [5, 5.41) is 18.1. The number of aliphatic hydroxyl groups is 1. The maximum atomic E-state index is 10.3. The summed E-state index contributed by atoms with van der Waals surface area (Å²) >= 11 is 0. The van der Waals surface area contributed by atoms with Crippen LogP contribution in [0.5, 0.6) is 0 Å². The Bertz CT molecular complexity index is 564. The Kier molecular flexibility index (Phi) is 6.41. The van der Waals surface area contributed by atoms with Crippen LogP contribution in [0.2, 0.25) is 0 Å². The van der Waals surface area contributed by atoms with Crippen molar-refractivity contribution in [1.82, 2.24) is 20.0 Å². The normalized spacial score (nSPS) is 17.9. The Labute approximate surface area is 144 Å². The zero-order valence-corrected chi connectivity index (χ0v) is 14.2. The molecule has 5 nitrogen and oxygen atoms in total. The monoisotopic (exact) mass is 328 g/mol. The van der Waals surface area contributed by atoms with Gasteiger partial charge in [0.2, 0.25) is 0 Å². The van der Waals surface area contributed by atoms with Gasteiger partial charge in [-0.15, -0.1) is 0 Å². The van der Waals surface area contributed by atoms with E-state index in [2.05, 4.69) is 15.3 Å². The molecule has 1 aliphatic rings. The predicted octanol–water partition coefficient (Wildman–Crippen LogP) is 1.92. The number of likely N-dealkylation sites (tertiary alicyclic amines) is 1. The number of nitrogens with zero attached hydrogens (tertiary/aromatic N) is 3. The molecule has 5 heteroatoms. The van der Waals surface area contributed by atoms with Gasteiger partial charge in [-0.3, -0.25) is 4.68 Å². The molecule has 0 bridgehead atoms.